The summed E-state index contributed by atoms with van der Waals surface area (Å²) in [5.41, 5.74) is 3.01. The van der Waals surface area contributed by atoms with Gasteiger partial charge in [0.2, 0.25) is 0 Å². The van der Waals surface area contributed by atoms with Gasteiger partial charge in [-0.05, 0) is 18.7 Å². The molecule has 0 radical (unpaired) electrons. The van der Waals surface area contributed by atoms with Crippen LogP contribution in [-0.4, -0.2) is 22.2 Å². The average Bonchev–Trinajstić information content (AvgIpc) is 2.80. The van der Waals surface area contributed by atoms with Crippen molar-refractivity contribution in [2.75, 3.05) is 7.05 Å². The van der Waals surface area contributed by atoms with E-state index < -0.39 is 0 Å². The molecule has 0 bridgehead atoms. The normalized spacial score (nSPS) is 12.6. The van der Waals surface area contributed by atoms with Crippen LogP contribution < -0.4 is 5.32 Å². The van der Waals surface area contributed by atoms with Crippen molar-refractivity contribution in [3.8, 4) is 0 Å². The Bertz CT molecular complexity index is 387. The van der Waals surface area contributed by atoms with Gasteiger partial charge in [0.25, 0.3) is 0 Å². The SMILES string of the molecule is CNC(Cc1cncs1)c1ccnnc1. The zero-order valence-electron chi connectivity index (χ0n) is 8.42. The van der Waals surface area contributed by atoms with E-state index in [1.54, 1.807) is 23.7 Å². The zero-order chi connectivity index (χ0) is 10.5. The van der Waals surface area contributed by atoms with Crippen LogP contribution in [0.3, 0.4) is 0 Å². The van der Waals surface area contributed by atoms with Gasteiger partial charge in [0.05, 0.1) is 11.7 Å². The molecule has 2 heterocycles. The number of likely N-dealkylation sites (N-methyl/N-ethyl adjacent to an activating group) is 1. The minimum Gasteiger partial charge on any atom is -0.313 e. The van der Waals surface area contributed by atoms with E-state index in [1.807, 2.05) is 24.8 Å². The molecule has 0 saturated heterocycles. The Hall–Kier alpha value is -1.33. The third-order valence-electron chi connectivity index (χ3n) is 2.25. The van der Waals surface area contributed by atoms with E-state index in [4.69, 9.17) is 0 Å². The van der Waals surface area contributed by atoms with E-state index in [9.17, 15) is 0 Å². The van der Waals surface area contributed by atoms with Crippen LogP contribution in [0.5, 0.6) is 0 Å². The van der Waals surface area contributed by atoms with Crippen LogP contribution in [0.2, 0.25) is 0 Å². The lowest BCUT2D eigenvalue weighted by molar-refractivity contribution is 0.592. The van der Waals surface area contributed by atoms with Crippen molar-refractivity contribution >= 4 is 11.3 Å². The van der Waals surface area contributed by atoms with Gasteiger partial charge >= 0.3 is 0 Å². The van der Waals surface area contributed by atoms with Crippen molar-refractivity contribution in [2.45, 2.75) is 12.5 Å². The topological polar surface area (TPSA) is 50.7 Å². The van der Waals surface area contributed by atoms with E-state index in [-0.39, 0.29) is 6.04 Å². The van der Waals surface area contributed by atoms with Gasteiger partial charge in [0, 0.05) is 29.7 Å². The summed E-state index contributed by atoms with van der Waals surface area (Å²) in [4.78, 5) is 5.34. The van der Waals surface area contributed by atoms with E-state index in [0.29, 0.717) is 0 Å². The molecule has 0 aliphatic carbocycles. The van der Waals surface area contributed by atoms with E-state index >= 15 is 0 Å². The molecule has 2 aromatic heterocycles. The van der Waals surface area contributed by atoms with Crippen LogP contribution in [0.1, 0.15) is 16.5 Å². The Kier molecular flexibility index (Phi) is 3.37. The lowest BCUT2D eigenvalue weighted by atomic mass is 10.1. The summed E-state index contributed by atoms with van der Waals surface area (Å²) in [6, 6.07) is 2.26. The second-order valence-corrected chi connectivity index (χ2v) is 4.16. The Morgan fingerprint density at radius 3 is 2.93 bits per heavy atom. The smallest absolute Gasteiger partial charge is 0.0794 e. The highest BCUT2D eigenvalue weighted by Gasteiger charge is 2.10. The summed E-state index contributed by atoms with van der Waals surface area (Å²) in [6.07, 6.45) is 6.35. The zero-order valence-corrected chi connectivity index (χ0v) is 9.24. The van der Waals surface area contributed by atoms with E-state index in [0.717, 1.165) is 12.0 Å². The first kappa shape index (κ1) is 10.2. The van der Waals surface area contributed by atoms with Crippen LogP contribution >= 0.6 is 11.3 Å². The minimum atomic E-state index is 0.279. The number of thiazole rings is 1. The maximum absolute atomic E-state index is 4.07. The number of nitrogens with zero attached hydrogens (tertiary/aromatic N) is 3. The highest BCUT2D eigenvalue weighted by Crippen LogP contribution is 2.18. The summed E-state index contributed by atoms with van der Waals surface area (Å²) in [5, 5.41) is 10.9. The molecular formula is C10H12N4S. The molecule has 0 aliphatic rings. The molecular weight excluding hydrogens is 208 g/mol. The van der Waals surface area contributed by atoms with Crippen molar-refractivity contribution in [3.63, 3.8) is 0 Å². The molecule has 1 N–H and O–H groups in total. The van der Waals surface area contributed by atoms with Gasteiger partial charge in [0.1, 0.15) is 0 Å². The number of aromatic nitrogens is 3. The predicted octanol–water partition coefficient (Wildman–Crippen LogP) is 1.44. The molecule has 5 heteroatoms. The molecule has 1 unspecified atom stereocenters. The molecule has 2 aromatic rings. The highest BCUT2D eigenvalue weighted by molar-refractivity contribution is 7.09. The standard InChI is InChI=1S/C10H12N4S/c1-11-10(4-9-6-12-7-15-9)8-2-3-13-14-5-8/h2-3,5-7,10-11H,4H2,1H3. The average molecular weight is 220 g/mol. The Labute approximate surface area is 92.4 Å². The fourth-order valence-corrected chi connectivity index (χ4v) is 2.08. The van der Waals surface area contributed by atoms with Crippen molar-refractivity contribution in [1.29, 1.82) is 0 Å². The van der Waals surface area contributed by atoms with E-state index in [1.165, 1.54) is 4.88 Å². The van der Waals surface area contributed by atoms with Crippen molar-refractivity contribution in [3.05, 3.63) is 40.6 Å². The summed E-state index contributed by atoms with van der Waals surface area (Å²) >= 11 is 1.67. The number of rotatable bonds is 4. The van der Waals surface area contributed by atoms with Crippen molar-refractivity contribution in [2.24, 2.45) is 0 Å². The Balaban J connectivity index is 2.12. The van der Waals surface area contributed by atoms with Crippen LogP contribution in [0, 0.1) is 0 Å². The third kappa shape index (κ3) is 2.57. The minimum absolute atomic E-state index is 0.279. The lowest BCUT2D eigenvalue weighted by Crippen LogP contribution is -2.18. The van der Waals surface area contributed by atoms with Gasteiger partial charge in [0.15, 0.2) is 0 Å². The quantitative estimate of drug-likeness (QED) is 0.847. The monoisotopic (exact) mass is 220 g/mol. The van der Waals surface area contributed by atoms with Gasteiger partial charge in [-0.2, -0.15) is 10.2 Å². The molecule has 0 aromatic carbocycles. The molecule has 15 heavy (non-hydrogen) atoms. The molecule has 78 valence electrons. The highest BCUT2D eigenvalue weighted by atomic mass is 32.1. The van der Waals surface area contributed by atoms with Crippen LogP contribution in [-0.2, 0) is 6.42 Å². The maximum atomic E-state index is 4.07. The van der Waals surface area contributed by atoms with Crippen LogP contribution in [0.4, 0.5) is 0 Å². The van der Waals surface area contributed by atoms with Gasteiger partial charge in [-0.3, -0.25) is 4.98 Å². The number of hydrogen-bond acceptors (Lipinski definition) is 5. The Morgan fingerprint density at radius 2 is 2.33 bits per heavy atom. The van der Waals surface area contributed by atoms with Crippen molar-refractivity contribution < 1.29 is 0 Å². The molecule has 0 aliphatic heterocycles. The number of hydrogen-bond donors (Lipinski definition) is 1. The predicted molar refractivity (Wildman–Crippen MR) is 59.7 cm³/mol. The number of nitrogens with one attached hydrogen (secondary N) is 1. The van der Waals surface area contributed by atoms with Gasteiger partial charge < -0.3 is 5.32 Å². The van der Waals surface area contributed by atoms with Crippen LogP contribution in [0.15, 0.2) is 30.2 Å². The fourth-order valence-electron chi connectivity index (χ4n) is 1.44. The Morgan fingerprint density at radius 1 is 1.40 bits per heavy atom. The third-order valence-corrected chi connectivity index (χ3v) is 3.05. The van der Waals surface area contributed by atoms with E-state index in [2.05, 4.69) is 20.5 Å². The molecule has 2 rings (SSSR count). The van der Waals surface area contributed by atoms with Gasteiger partial charge in [-0.15, -0.1) is 11.3 Å². The van der Waals surface area contributed by atoms with Crippen molar-refractivity contribution in [1.82, 2.24) is 20.5 Å². The molecule has 1 atom stereocenters. The fraction of sp³-hybridized carbons (Fsp3) is 0.300. The summed E-state index contributed by atoms with van der Waals surface area (Å²) in [7, 11) is 1.95. The summed E-state index contributed by atoms with van der Waals surface area (Å²) < 4.78 is 0. The second-order valence-electron chi connectivity index (χ2n) is 3.19. The van der Waals surface area contributed by atoms with Crippen LogP contribution in [0.25, 0.3) is 0 Å². The van der Waals surface area contributed by atoms with Gasteiger partial charge in [-0.25, -0.2) is 0 Å². The molecule has 0 saturated carbocycles. The molecule has 0 spiro atoms. The first-order chi connectivity index (χ1) is 7.40. The molecule has 0 fully saturated rings. The first-order valence-corrected chi connectivity index (χ1v) is 5.59. The second kappa shape index (κ2) is 4.95. The molecule has 4 nitrogen and oxygen atoms in total. The summed E-state index contributed by atoms with van der Waals surface area (Å²) in [6.45, 7) is 0. The first-order valence-electron chi connectivity index (χ1n) is 4.71. The van der Waals surface area contributed by atoms with Gasteiger partial charge in [-0.1, -0.05) is 0 Å². The summed E-state index contributed by atoms with van der Waals surface area (Å²) in [5.74, 6) is 0. The largest absolute Gasteiger partial charge is 0.313 e. The lowest BCUT2D eigenvalue weighted by Gasteiger charge is -2.14. The maximum Gasteiger partial charge on any atom is 0.0794 e. The molecule has 0 amide bonds.